The van der Waals surface area contributed by atoms with Crippen LogP contribution in [0, 0.1) is 0 Å². The Balaban J connectivity index is 0.977. The van der Waals surface area contributed by atoms with E-state index >= 15 is 0 Å². The third-order valence-corrected chi connectivity index (χ3v) is 14.2. The summed E-state index contributed by atoms with van der Waals surface area (Å²) >= 11 is 1.83. The monoisotopic (exact) mass is 834 g/mol. The van der Waals surface area contributed by atoms with Crippen molar-refractivity contribution < 1.29 is 4.42 Å². The summed E-state index contributed by atoms with van der Waals surface area (Å²) < 4.78 is 14.1. The van der Waals surface area contributed by atoms with Crippen LogP contribution in [0.1, 0.15) is 0 Å². The first-order chi connectivity index (χ1) is 31.7. The highest BCUT2D eigenvalue weighted by molar-refractivity contribution is 7.26. The second-order valence-corrected chi connectivity index (χ2v) is 17.5. The molecule has 14 aromatic rings. The molecule has 298 valence electrons. The first kappa shape index (κ1) is 35.3. The van der Waals surface area contributed by atoms with Crippen LogP contribution < -0.4 is 0 Å². The molecule has 0 spiro atoms. The zero-order valence-electron chi connectivity index (χ0n) is 34.2. The lowest BCUT2D eigenvalue weighted by Gasteiger charge is -2.10. The molecule has 0 saturated heterocycles. The van der Waals surface area contributed by atoms with E-state index in [4.69, 9.17) is 14.4 Å². The topological polar surface area (TPSA) is 48.8 Å². The Bertz CT molecular complexity index is 4190. The van der Waals surface area contributed by atoms with E-state index < -0.39 is 0 Å². The Morgan fingerprint density at radius 3 is 1.67 bits per heavy atom. The van der Waals surface area contributed by atoms with Crippen LogP contribution in [0.4, 0.5) is 0 Å². The highest BCUT2D eigenvalue weighted by atomic mass is 32.1. The van der Waals surface area contributed by atoms with Gasteiger partial charge in [0.25, 0.3) is 0 Å². The van der Waals surface area contributed by atoms with Crippen molar-refractivity contribution in [1.82, 2.24) is 19.1 Å². The lowest BCUT2D eigenvalue weighted by Crippen LogP contribution is -2.02. The molecule has 5 heterocycles. The molecule has 64 heavy (non-hydrogen) atoms. The summed E-state index contributed by atoms with van der Waals surface area (Å²) in [5.74, 6) is 0.597. The van der Waals surface area contributed by atoms with Gasteiger partial charge in [0.05, 0.1) is 22.1 Å². The number of thiophene rings is 1. The van der Waals surface area contributed by atoms with Crippen LogP contribution in [0.15, 0.2) is 211 Å². The van der Waals surface area contributed by atoms with Crippen LogP contribution in [0.5, 0.6) is 0 Å². The largest absolute Gasteiger partial charge is 0.451 e. The van der Waals surface area contributed by atoms with E-state index in [1.165, 1.54) is 47.5 Å². The van der Waals surface area contributed by atoms with E-state index in [1.54, 1.807) is 0 Å². The number of hydrogen-bond donors (Lipinski definition) is 0. The molecule has 0 saturated carbocycles. The number of hydrogen-bond acceptors (Lipinski definition) is 4. The Labute approximate surface area is 370 Å². The highest BCUT2D eigenvalue weighted by Crippen LogP contribution is 2.45. The van der Waals surface area contributed by atoms with E-state index in [2.05, 4.69) is 209 Å². The molecule has 0 aliphatic carbocycles. The summed E-state index contributed by atoms with van der Waals surface area (Å²) in [4.78, 5) is 10.9. The van der Waals surface area contributed by atoms with Gasteiger partial charge in [0, 0.05) is 69.5 Å². The molecule has 14 rings (SSSR count). The van der Waals surface area contributed by atoms with Crippen molar-refractivity contribution in [1.29, 1.82) is 0 Å². The van der Waals surface area contributed by atoms with Gasteiger partial charge in [0.1, 0.15) is 16.8 Å². The van der Waals surface area contributed by atoms with Crippen molar-refractivity contribution in [2.45, 2.75) is 0 Å². The number of benzene rings is 9. The zero-order chi connectivity index (χ0) is 41.9. The predicted octanol–water partition coefficient (Wildman–Crippen LogP) is 15.9. The Kier molecular flexibility index (Phi) is 7.49. The maximum Gasteiger partial charge on any atom is 0.236 e. The molecular formula is C58H34N4OS. The smallest absolute Gasteiger partial charge is 0.236 e. The van der Waals surface area contributed by atoms with Gasteiger partial charge in [-0.3, -0.25) is 4.57 Å². The Morgan fingerprint density at radius 2 is 0.938 bits per heavy atom. The van der Waals surface area contributed by atoms with Gasteiger partial charge in [-0.05, 0) is 71.8 Å². The van der Waals surface area contributed by atoms with Crippen LogP contribution in [0.3, 0.4) is 0 Å². The van der Waals surface area contributed by atoms with Crippen LogP contribution in [0.2, 0.25) is 0 Å². The second kappa shape index (κ2) is 13.6. The summed E-state index contributed by atoms with van der Waals surface area (Å²) in [6.45, 7) is 0. The van der Waals surface area contributed by atoms with Crippen molar-refractivity contribution in [3.05, 3.63) is 206 Å². The van der Waals surface area contributed by atoms with Crippen LogP contribution in [-0.2, 0) is 0 Å². The minimum Gasteiger partial charge on any atom is -0.451 e. The van der Waals surface area contributed by atoms with Gasteiger partial charge < -0.3 is 8.98 Å². The van der Waals surface area contributed by atoms with Gasteiger partial charge in [-0.15, -0.1) is 11.3 Å². The summed E-state index contributed by atoms with van der Waals surface area (Å²) in [7, 11) is 0. The minimum absolute atomic E-state index is 0.597. The molecule has 0 atom stereocenters. The third-order valence-electron chi connectivity index (χ3n) is 13.0. The molecule has 0 N–H and O–H groups in total. The van der Waals surface area contributed by atoms with Gasteiger partial charge in [-0.2, -0.15) is 0 Å². The standard InChI is InChI=1S/C58H34N4OS/c1-3-15-35(16-4-1)53-56-54(45-25-13-22-42(55(45)63-56)44-24-14-23-43-41-21-9-12-28-52(41)64-57(43)44)60-58(59-53)62-49-27-11-8-20-40(49)47-34-37(30-32-51(47)62)36-29-31-50-46(33-36)39-19-7-10-26-48(39)61(50)38-17-5-2-6-18-38/h1-34H. The quantitative estimate of drug-likeness (QED) is 0.174. The number of para-hydroxylation sites is 4. The van der Waals surface area contributed by atoms with E-state index in [1.807, 2.05) is 17.4 Å². The predicted molar refractivity (Wildman–Crippen MR) is 267 cm³/mol. The SMILES string of the molecule is c1ccc(-c2nc(-n3c4ccccc4c4cc(-c5ccc6c(c5)c5ccccc5n6-c5ccccc5)ccc43)nc3c2oc2c(-c4cccc5c4sc4ccccc45)cccc23)cc1. The van der Waals surface area contributed by atoms with Gasteiger partial charge in [-0.1, -0.05) is 146 Å². The van der Waals surface area contributed by atoms with E-state index in [-0.39, 0.29) is 0 Å². The molecule has 6 heteroatoms. The molecule has 5 nitrogen and oxygen atoms in total. The molecule has 0 radical (unpaired) electrons. The summed E-state index contributed by atoms with van der Waals surface area (Å²) in [5.41, 5.74) is 14.1. The summed E-state index contributed by atoms with van der Waals surface area (Å²) in [6.07, 6.45) is 0. The Hall–Kier alpha value is -8.32. The van der Waals surface area contributed by atoms with Crippen molar-refractivity contribution in [2.75, 3.05) is 0 Å². The summed E-state index contributed by atoms with van der Waals surface area (Å²) in [5, 5.41) is 8.23. The van der Waals surface area contributed by atoms with Crippen molar-refractivity contribution in [2.24, 2.45) is 0 Å². The van der Waals surface area contributed by atoms with Gasteiger partial charge in [0.15, 0.2) is 5.58 Å². The van der Waals surface area contributed by atoms with E-state index in [0.717, 1.165) is 71.9 Å². The highest BCUT2D eigenvalue weighted by Gasteiger charge is 2.24. The number of rotatable bonds is 5. The molecule has 0 bridgehead atoms. The fourth-order valence-electron chi connectivity index (χ4n) is 10.1. The third kappa shape index (κ3) is 5.11. The molecule has 0 fully saturated rings. The van der Waals surface area contributed by atoms with Crippen molar-refractivity contribution >= 4 is 97.2 Å². The average molecular weight is 835 g/mol. The van der Waals surface area contributed by atoms with Crippen LogP contribution in [0.25, 0.3) is 131 Å². The average Bonchev–Trinajstić information content (AvgIpc) is 4.12. The maximum atomic E-state index is 7.01. The second-order valence-electron chi connectivity index (χ2n) is 16.5. The van der Waals surface area contributed by atoms with Gasteiger partial charge in [0.2, 0.25) is 5.95 Å². The first-order valence-corrected chi connectivity index (χ1v) is 22.4. The molecule has 0 amide bonds. The maximum absolute atomic E-state index is 7.01. The summed E-state index contributed by atoms with van der Waals surface area (Å²) in [6, 6.07) is 73.6. The molecular weight excluding hydrogens is 801 g/mol. The lowest BCUT2D eigenvalue weighted by atomic mass is 10.0. The fraction of sp³-hybridized carbons (Fsp3) is 0. The molecule has 0 aliphatic rings. The molecule has 5 aromatic heterocycles. The number of aromatic nitrogens is 4. The molecule has 0 aliphatic heterocycles. The molecule has 9 aromatic carbocycles. The van der Waals surface area contributed by atoms with Crippen LogP contribution >= 0.6 is 11.3 Å². The lowest BCUT2D eigenvalue weighted by molar-refractivity contribution is 0.667. The van der Waals surface area contributed by atoms with Crippen LogP contribution in [-0.4, -0.2) is 19.1 Å². The van der Waals surface area contributed by atoms with Gasteiger partial charge >= 0.3 is 0 Å². The number of fused-ring (bicyclic) bond motifs is 12. The molecule has 0 unspecified atom stereocenters. The van der Waals surface area contributed by atoms with Crippen molar-refractivity contribution in [3.63, 3.8) is 0 Å². The fourth-order valence-corrected chi connectivity index (χ4v) is 11.3. The zero-order valence-corrected chi connectivity index (χ0v) is 35.1. The van der Waals surface area contributed by atoms with Gasteiger partial charge in [-0.25, -0.2) is 9.97 Å². The van der Waals surface area contributed by atoms with E-state index in [9.17, 15) is 0 Å². The first-order valence-electron chi connectivity index (χ1n) is 21.6. The minimum atomic E-state index is 0.597. The van der Waals surface area contributed by atoms with Crippen molar-refractivity contribution in [3.8, 4) is 45.1 Å². The normalized spacial score (nSPS) is 12.1. The Morgan fingerprint density at radius 1 is 0.375 bits per heavy atom. The number of furan rings is 1. The van der Waals surface area contributed by atoms with E-state index in [0.29, 0.717) is 11.5 Å². The number of nitrogens with zero attached hydrogens (tertiary/aromatic N) is 4.